The van der Waals surface area contributed by atoms with Gasteiger partial charge in [0.1, 0.15) is 0 Å². The number of hydrogen-bond acceptors (Lipinski definition) is 1. The van der Waals surface area contributed by atoms with Crippen molar-refractivity contribution in [2.45, 2.75) is 19.3 Å². The summed E-state index contributed by atoms with van der Waals surface area (Å²) in [5.74, 6) is -0.777. The highest BCUT2D eigenvalue weighted by molar-refractivity contribution is 5.68. The Kier molecular flexibility index (Phi) is 4.48. The Morgan fingerprint density at radius 3 is 2.57 bits per heavy atom. The summed E-state index contributed by atoms with van der Waals surface area (Å²) < 4.78 is 0. The quantitative estimate of drug-likeness (QED) is 0.725. The van der Waals surface area contributed by atoms with Crippen LogP contribution in [0.4, 0.5) is 0 Å². The molecule has 0 fully saturated rings. The van der Waals surface area contributed by atoms with Crippen molar-refractivity contribution in [1.82, 2.24) is 0 Å². The highest BCUT2D eigenvalue weighted by Crippen LogP contribution is 2.02. The van der Waals surface area contributed by atoms with E-state index in [1.54, 1.807) is 6.08 Å². The van der Waals surface area contributed by atoms with Gasteiger partial charge >= 0.3 is 5.97 Å². The van der Waals surface area contributed by atoms with Crippen LogP contribution in [-0.2, 0) is 11.2 Å². The van der Waals surface area contributed by atoms with Gasteiger partial charge in [0.25, 0.3) is 0 Å². The average molecular weight is 190 g/mol. The second-order valence-electron chi connectivity index (χ2n) is 3.09. The second kappa shape index (κ2) is 5.97. The zero-order valence-corrected chi connectivity index (χ0v) is 8.02. The first-order valence-corrected chi connectivity index (χ1v) is 4.70. The number of benzene rings is 1. The van der Waals surface area contributed by atoms with E-state index < -0.39 is 5.97 Å². The minimum atomic E-state index is -0.777. The molecule has 14 heavy (non-hydrogen) atoms. The van der Waals surface area contributed by atoms with Gasteiger partial charge in [-0.25, -0.2) is 0 Å². The molecule has 1 aromatic rings. The molecule has 1 rings (SSSR count). The largest absolute Gasteiger partial charge is 0.481 e. The predicted octanol–water partition coefficient (Wildman–Crippen LogP) is 2.65. The molecule has 0 aliphatic heterocycles. The minimum Gasteiger partial charge on any atom is -0.481 e. The number of aliphatic carboxylic acids is 1. The van der Waals surface area contributed by atoms with Crippen LogP contribution in [0.15, 0.2) is 42.5 Å². The zero-order chi connectivity index (χ0) is 10.2. The lowest BCUT2D eigenvalue weighted by Crippen LogP contribution is -1.89. The van der Waals surface area contributed by atoms with E-state index >= 15 is 0 Å². The molecule has 0 aromatic heterocycles. The molecule has 0 atom stereocenters. The lowest BCUT2D eigenvalue weighted by Gasteiger charge is -1.95. The number of allylic oxidation sites excluding steroid dienone is 1. The Morgan fingerprint density at radius 2 is 1.93 bits per heavy atom. The molecule has 0 amide bonds. The maximum absolute atomic E-state index is 10.2. The van der Waals surface area contributed by atoms with Gasteiger partial charge < -0.3 is 5.11 Å². The van der Waals surface area contributed by atoms with Crippen molar-refractivity contribution in [3.63, 3.8) is 0 Å². The molecule has 1 N–H and O–H groups in total. The number of carboxylic acids is 1. The van der Waals surface area contributed by atoms with Crippen LogP contribution in [-0.4, -0.2) is 11.1 Å². The molecule has 0 spiro atoms. The summed E-state index contributed by atoms with van der Waals surface area (Å²) in [5.41, 5.74) is 1.28. The SMILES string of the molecule is O=C(O)CC=CCCc1ccccc1. The van der Waals surface area contributed by atoms with Gasteiger partial charge in [-0.05, 0) is 18.4 Å². The van der Waals surface area contributed by atoms with E-state index in [0.717, 1.165) is 12.8 Å². The number of carboxylic acid groups (broad SMARTS) is 1. The van der Waals surface area contributed by atoms with Gasteiger partial charge in [0, 0.05) is 0 Å². The maximum atomic E-state index is 10.2. The van der Waals surface area contributed by atoms with E-state index in [1.807, 2.05) is 24.3 Å². The van der Waals surface area contributed by atoms with Crippen molar-refractivity contribution in [3.8, 4) is 0 Å². The van der Waals surface area contributed by atoms with E-state index in [-0.39, 0.29) is 6.42 Å². The predicted molar refractivity (Wildman–Crippen MR) is 56.2 cm³/mol. The number of rotatable bonds is 5. The Balaban J connectivity index is 2.22. The minimum absolute atomic E-state index is 0.120. The molecule has 1 aromatic carbocycles. The maximum Gasteiger partial charge on any atom is 0.307 e. The van der Waals surface area contributed by atoms with Crippen LogP contribution >= 0.6 is 0 Å². The molecule has 74 valence electrons. The number of hydrogen-bond donors (Lipinski definition) is 1. The van der Waals surface area contributed by atoms with Crippen LogP contribution in [0.25, 0.3) is 0 Å². The third kappa shape index (κ3) is 4.45. The molecule has 2 nitrogen and oxygen atoms in total. The molecule has 0 aliphatic carbocycles. The lowest BCUT2D eigenvalue weighted by molar-refractivity contribution is -0.136. The van der Waals surface area contributed by atoms with Gasteiger partial charge in [-0.1, -0.05) is 42.5 Å². The summed E-state index contributed by atoms with van der Waals surface area (Å²) >= 11 is 0. The fraction of sp³-hybridized carbons (Fsp3) is 0.250. The van der Waals surface area contributed by atoms with Crippen LogP contribution in [0, 0.1) is 0 Å². The Hall–Kier alpha value is -1.57. The lowest BCUT2D eigenvalue weighted by atomic mass is 10.1. The van der Waals surface area contributed by atoms with Crippen LogP contribution in [0.5, 0.6) is 0 Å². The van der Waals surface area contributed by atoms with Crippen molar-refractivity contribution in [3.05, 3.63) is 48.0 Å². The molecule has 0 saturated heterocycles. The van der Waals surface area contributed by atoms with Gasteiger partial charge in [0.05, 0.1) is 6.42 Å². The van der Waals surface area contributed by atoms with Crippen molar-refractivity contribution in [1.29, 1.82) is 0 Å². The van der Waals surface area contributed by atoms with Crippen LogP contribution < -0.4 is 0 Å². The molecule has 0 heterocycles. The molecular weight excluding hydrogens is 176 g/mol. The van der Waals surface area contributed by atoms with Crippen molar-refractivity contribution in [2.24, 2.45) is 0 Å². The van der Waals surface area contributed by atoms with Crippen LogP contribution in [0.1, 0.15) is 18.4 Å². The summed E-state index contributed by atoms with van der Waals surface area (Å²) in [4.78, 5) is 10.2. The van der Waals surface area contributed by atoms with Crippen LogP contribution in [0.3, 0.4) is 0 Å². The molecule has 2 heteroatoms. The van der Waals surface area contributed by atoms with Crippen molar-refractivity contribution < 1.29 is 9.90 Å². The zero-order valence-electron chi connectivity index (χ0n) is 8.02. The number of aryl methyl sites for hydroxylation is 1. The third-order valence-electron chi connectivity index (χ3n) is 1.90. The molecule has 0 saturated carbocycles. The van der Waals surface area contributed by atoms with Gasteiger partial charge in [-0.2, -0.15) is 0 Å². The molecule has 0 unspecified atom stereocenters. The normalized spacial score (nSPS) is 10.6. The third-order valence-corrected chi connectivity index (χ3v) is 1.90. The Bertz CT molecular complexity index is 301. The Labute approximate surface area is 83.9 Å². The van der Waals surface area contributed by atoms with E-state index in [1.165, 1.54) is 5.56 Å². The summed E-state index contributed by atoms with van der Waals surface area (Å²) in [6.45, 7) is 0. The fourth-order valence-corrected chi connectivity index (χ4v) is 1.20. The first-order valence-electron chi connectivity index (χ1n) is 4.70. The van der Waals surface area contributed by atoms with Crippen LogP contribution in [0.2, 0.25) is 0 Å². The fourth-order valence-electron chi connectivity index (χ4n) is 1.20. The molecule has 0 aliphatic rings. The smallest absolute Gasteiger partial charge is 0.307 e. The van der Waals surface area contributed by atoms with Gasteiger partial charge in [0.15, 0.2) is 0 Å². The summed E-state index contributed by atoms with van der Waals surface area (Å²) in [6, 6.07) is 10.2. The highest BCUT2D eigenvalue weighted by Gasteiger charge is 1.90. The first-order chi connectivity index (χ1) is 6.79. The van der Waals surface area contributed by atoms with Gasteiger partial charge in [0.2, 0.25) is 0 Å². The Morgan fingerprint density at radius 1 is 1.21 bits per heavy atom. The second-order valence-corrected chi connectivity index (χ2v) is 3.09. The first kappa shape index (κ1) is 10.5. The summed E-state index contributed by atoms with van der Waals surface area (Å²) in [7, 11) is 0. The highest BCUT2D eigenvalue weighted by atomic mass is 16.4. The molecular formula is C12H14O2. The molecule has 0 radical (unpaired) electrons. The van der Waals surface area contributed by atoms with E-state index in [2.05, 4.69) is 12.1 Å². The summed E-state index contributed by atoms with van der Waals surface area (Å²) in [6.07, 6.45) is 5.61. The van der Waals surface area contributed by atoms with Gasteiger partial charge in [-0.3, -0.25) is 4.79 Å². The molecule has 0 bridgehead atoms. The van der Waals surface area contributed by atoms with E-state index in [0.29, 0.717) is 0 Å². The summed E-state index contributed by atoms with van der Waals surface area (Å²) in [5, 5.41) is 8.38. The standard InChI is InChI=1S/C12H14O2/c13-12(14)10-6-2-5-9-11-7-3-1-4-8-11/h1-4,6-8H,5,9-10H2,(H,13,14). The number of carbonyl (C=O) groups is 1. The van der Waals surface area contributed by atoms with E-state index in [9.17, 15) is 4.79 Å². The monoisotopic (exact) mass is 190 g/mol. The topological polar surface area (TPSA) is 37.3 Å². The van der Waals surface area contributed by atoms with E-state index in [4.69, 9.17) is 5.11 Å². The average Bonchev–Trinajstić information content (AvgIpc) is 2.18. The van der Waals surface area contributed by atoms with Crippen molar-refractivity contribution >= 4 is 5.97 Å². The van der Waals surface area contributed by atoms with Crippen molar-refractivity contribution in [2.75, 3.05) is 0 Å². The van der Waals surface area contributed by atoms with Gasteiger partial charge in [-0.15, -0.1) is 0 Å².